The third kappa shape index (κ3) is 3.28. The first kappa shape index (κ1) is 12.0. The van der Waals surface area contributed by atoms with Gasteiger partial charge in [-0.25, -0.2) is 4.98 Å². The maximum atomic E-state index is 11.7. The van der Waals surface area contributed by atoms with Gasteiger partial charge in [0.2, 0.25) is 5.91 Å². The molecular formula is C13H14N4O. The van der Waals surface area contributed by atoms with Crippen LogP contribution in [0.2, 0.25) is 0 Å². The van der Waals surface area contributed by atoms with Gasteiger partial charge in [-0.3, -0.25) is 9.78 Å². The van der Waals surface area contributed by atoms with Gasteiger partial charge in [0.05, 0.1) is 6.20 Å². The van der Waals surface area contributed by atoms with Gasteiger partial charge in [0.25, 0.3) is 0 Å². The topological polar surface area (TPSA) is 80.9 Å². The van der Waals surface area contributed by atoms with Crippen molar-refractivity contribution in [1.29, 1.82) is 0 Å². The van der Waals surface area contributed by atoms with Gasteiger partial charge in [-0.15, -0.1) is 0 Å². The first-order chi connectivity index (χ1) is 8.75. The van der Waals surface area contributed by atoms with Crippen molar-refractivity contribution in [2.45, 2.75) is 12.8 Å². The molecule has 0 aliphatic carbocycles. The van der Waals surface area contributed by atoms with Gasteiger partial charge in [-0.05, 0) is 18.1 Å². The number of benzene rings is 1. The van der Waals surface area contributed by atoms with E-state index in [9.17, 15) is 4.79 Å². The van der Waals surface area contributed by atoms with Gasteiger partial charge >= 0.3 is 0 Å². The van der Waals surface area contributed by atoms with Gasteiger partial charge in [0, 0.05) is 24.5 Å². The number of para-hydroxylation sites is 1. The van der Waals surface area contributed by atoms with Gasteiger partial charge in [0.1, 0.15) is 0 Å². The molecule has 2 aromatic rings. The highest BCUT2D eigenvalue weighted by Gasteiger charge is 2.05. The second-order valence-corrected chi connectivity index (χ2v) is 3.84. The number of nitrogens with one attached hydrogen (secondary N) is 1. The standard InChI is InChI=1S/C13H14N4O/c14-11-4-2-1-3-10(11)5-6-13(18)17-12-9-15-7-8-16-12/h1-4,7-9H,5-6,14H2,(H,16,17,18). The fourth-order valence-corrected chi connectivity index (χ4v) is 1.58. The number of nitrogens with zero attached hydrogens (tertiary/aromatic N) is 2. The van der Waals surface area contributed by atoms with Crippen LogP contribution in [0.25, 0.3) is 0 Å². The third-order valence-electron chi connectivity index (χ3n) is 2.51. The SMILES string of the molecule is Nc1ccccc1CCC(=O)Nc1cnccn1. The number of nitrogen functional groups attached to an aromatic ring is 1. The average Bonchev–Trinajstić information content (AvgIpc) is 2.39. The quantitative estimate of drug-likeness (QED) is 0.798. The molecule has 1 amide bonds. The zero-order chi connectivity index (χ0) is 12.8. The fraction of sp³-hybridized carbons (Fsp3) is 0.154. The molecule has 0 fully saturated rings. The molecule has 0 aliphatic heterocycles. The molecule has 0 atom stereocenters. The molecule has 0 saturated heterocycles. The molecular weight excluding hydrogens is 228 g/mol. The van der Waals surface area contributed by atoms with Crippen LogP contribution in [0.15, 0.2) is 42.9 Å². The Hall–Kier alpha value is -2.43. The molecule has 0 bridgehead atoms. The van der Waals surface area contributed by atoms with Crippen LogP contribution in [0.4, 0.5) is 11.5 Å². The van der Waals surface area contributed by atoms with Crippen molar-refractivity contribution in [3.05, 3.63) is 48.4 Å². The van der Waals surface area contributed by atoms with E-state index in [1.165, 1.54) is 12.4 Å². The molecule has 2 rings (SSSR count). The third-order valence-corrected chi connectivity index (χ3v) is 2.51. The van der Waals surface area contributed by atoms with Crippen molar-refractivity contribution in [2.75, 3.05) is 11.1 Å². The minimum atomic E-state index is -0.0984. The van der Waals surface area contributed by atoms with Crippen molar-refractivity contribution < 1.29 is 4.79 Å². The van der Waals surface area contributed by atoms with Gasteiger partial charge < -0.3 is 11.1 Å². The smallest absolute Gasteiger partial charge is 0.225 e. The number of anilines is 2. The van der Waals surface area contributed by atoms with Crippen LogP contribution in [-0.4, -0.2) is 15.9 Å². The highest BCUT2D eigenvalue weighted by molar-refractivity contribution is 5.89. The Kier molecular flexibility index (Phi) is 3.86. The Morgan fingerprint density at radius 3 is 2.83 bits per heavy atom. The van der Waals surface area contributed by atoms with Gasteiger partial charge in [-0.2, -0.15) is 0 Å². The number of aromatic nitrogens is 2. The van der Waals surface area contributed by atoms with Crippen molar-refractivity contribution in [3.8, 4) is 0 Å². The van der Waals surface area contributed by atoms with Crippen molar-refractivity contribution >= 4 is 17.4 Å². The molecule has 0 radical (unpaired) electrons. The summed E-state index contributed by atoms with van der Waals surface area (Å²) >= 11 is 0. The van der Waals surface area contributed by atoms with E-state index in [0.717, 1.165) is 5.56 Å². The van der Waals surface area contributed by atoms with Crippen LogP contribution in [0.1, 0.15) is 12.0 Å². The van der Waals surface area contributed by atoms with E-state index >= 15 is 0 Å². The van der Waals surface area contributed by atoms with Crippen LogP contribution < -0.4 is 11.1 Å². The normalized spacial score (nSPS) is 10.0. The lowest BCUT2D eigenvalue weighted by atomic mass is 10.1. The number of nitrogens with two attached hydrogens (primary N) is 1. The highest BCUT2D eigenvalue weighted by atomic mass is 16.1. The molecule has 0 saturated carbocycles. The molecule has 1 aromatic heterocycles. The van der Waals surface area contributed by atoms with E-state index in [1.54, 1.807) is 6.20 Å². The summed E-state index contributed by atoms with van der Waals surface area (Å²) in [7, 11) is 0. The second kappa shape index (κ2) is 5.77. The zero-order valence-electron chi connectivity index (χ0n) is 9.84. The lowest BCUT2D eigenvalue weighted by Crippen LogP contribution is -2.13. The molecule has 5 nitrogen and oxygen atoms in total. The molecule has 3 N–H and O–H groups in total. The van der Waals surface area contributed by atoms with Gasteiger partial charge in [0.15, 0.2) is 5.82 Å². The maximum absolute atomic E-state index is 11.7. The molecule has 0 spiro atoms. The summed E-state index contributed by atoms with van der Waals surface area (Å²) in [6.45, 7) is 0. The lowest BCUT2D eigenvalue weighted by Gasteiger charge is -2.05. The highest BCUT2D eigenvalue weighted by Crippen LogP contribution is 2.12. The average molecular weight is 242 g/mol. The Balaban J connectivity index is 1.88. The Morgan fingerprint density at radius 2 is 2.11 bits per heavy atom. The number of aryl methyl sites for hydroxylation is 1. The van der Waals surface area contributed by atoms with Crippen molar-refractivity contribution in [2.24, 2.45) is 0 Å². The molecule has 92 valence electrons. The van der Waals surface area contributed by atoms with Crippen LogP contribution in [0.3, 0.4) is 0 Å². The van der Waals surface area contributed by atoms with E-state index in [1.807, 2.05) is 24.3 Å². The summed E-state index contributed by atoms with van der Waals surface area (Å²) in [5, 5.41) is 2.68. The summed E-state index contributed by atoms with van der Waals surface area (Å²) in [6.07, 6.45) is 5.57. The summed E-state index contributed by atoms with van der Waals surface area (Å²) in [6, 6.07) is 7.53. The number of carbonyl (C=O) groups excluding carboxylic acids is 1. The Labute approximate surface area is 105 Å². The van der Waals surface area contributed by atoms with E-state index in [0.29, 0.717) is 24.3 Å². The van der Waals surface area contributed by atoms with E-state index in [4.69, 9.17) is 5.73 Å². The number of rotatable bonds is 4. The first-order valence-corrected chi connectivity index (χ1v) is 5.65. The Morgan fingerprint density at radius 1 is 1.28 bits per heavy atom. The Bertz CT molecular complexity index is 528. The molecule has 18 heavy (non-hydrogen) atoms. The summed E-state index contributed by atoms with van der Waals surface area (Å²) in [4.78, 5) is 19.5. The first-order valence-electron chi connectivity index (χ1n) is 5.65. The summed E-state index contributed by atoms with van der Waals surface area (Å²) in [5.74, 6) is 0.363. The molecule has 1 heterocycles. The van der Waals surface area contributed by atoms with Crippen LogP contribution in [-0.2, 0) is 11.2 Å². The number of hydrogen-bond donors (Lipinski definition) is 2. The number of carbonyl (C=O) groups is 1. The van der Waals surface area contributed by atoms with Crippen LogP contribution >= 0.6 is 0 Å². The minimum Gasteiger partial charge on any atom is -0.399 e. The summed E-state index contributed by atoms with van der Waals surface area (Å²) in [5.41, 5.74) is 7.50. The summed E-state index contributed by atoms with van der Waals surface area (Å²) < 4.78 is 0. The minimum absolute atomic E-state index is 0.0984. The zero-order valence-corrected chi connectivity index (χ0v) is 9.84. The van der Waals surface area contributed by atoms with Crippen LogP contribution in [0.5, 0.6) is 0 Å². The number of amides is 1. The largest absolute Gasteiger partial charge is 0.399 e. The molecule has 5 heteroatoms. The molecule has 0 aliphatic rings. The predicted molar refractivity (Wildman–Crippen MR) is 69.8 cm³/mol. The van der Waals surface area contributed by atoms with Crippen molar-refractivity contribution in [3.63, 3.8) is 0 Å². The monoisotopic (exact) mass is 242 g/mol. The fourth-order valence-electron chi connectivity index (χ4n) is 1.58. The molecule has 1 aromatic carbocycles. The van der Waals surface area contributed by atoms with Gasteiger partial charge in [-0.1, -0.05) is 18.2 Å². The van der Waals surface area contributed by atoms with Crippen LogP contribution in [0, 0.1) is 0 Å². The van der Waals surface area contributed by atoms with E-state index < -0.39 is 0 Å². The molecule has 0 unspecified atom stereocenters. The number of hydrogen-bond acceptors (Lipinski definition) is 4. The second-order valence-electron chi connectivity index (χ2n) is 3.84. The van der Waals surface area contributed by atoms with E-state index in [2.05, 4.69) is 15.3 Å². The maximum Gasteiger partial charge on any atom is 0.225 e. The lowest BCUT2D eigenvalue weighted by molar-refractivity contribution is -0.116. The van der Waals surface area contributed by atoms with E-state index in [-0.39, 0.29) is 5.91 Å². The van der Waals surface area contributed by atoms with Crippen molar-refractivity contribution in [1.82, 2.24) is 9.97 Å². The predicted octanol–water partition coefficient (Wildman–Crippen LogP) is 1.63.